The molecule has 1 aliphatic heterocycles. The molecule has 0 aliphatic carbocycles. The molecule has 1 aliphatic rings. The van der Waals surface area contributed by atoms with Crippen LogP contribution in [0.15, 0.2) is 48.5 Å². The number of halogens is 3. The van der Waals surface area contributed by atoms with Crippen molar-refractivity contribution in [2.24, 2.45) is 0 Å². The number of aliphatic hydroxyl groups is 1. The van der Waals surface area contributed by atoms with Crippen LogP contribution in [0.25, 0.3) is 27.7 Å². The third kappa shape index (κ3) is 2.80. The van der Waals surface area contributed by atoms with E-state index < -0.39 is 34.9 Å². The molecule has 3 N–H and O–H groups in total. The van der Waals surface area contributed by atoms with Gasteiger partial charge in [-0.05, 0) is 35.9 Å². The topological polar surface area (TPSA) is 82.7 Å². The molecule has 8 heteroatoms. The summed E-state index contributed by atoms with van der Waals surface area (Å²) < 4.78 is 44.8. The molecule has 0 radical (unpaired) electrons. The van der Waals surface area contributed by atoms with E-state index in [4.69, 9.17) is 0 Å². The first kappa shape index (κ1) is 21.1. The predicted molar refractivity (Wildman–Crippen MR) is 115 cm³/mol. The summed E-state index contributed by atoms with van der Waals surface area (Å²) in [4.78, 5) is 11.3. The standard InChI is InChI=1S/C25H18F3NO4/c1-25(2)22-18(11-3-5-12(6-4-11)24(32)33)19-16(9-13(26)10-17(19)30)29(22)15-8-7-14(27)21(28)20(15)23(25)31/h3-10,23,30-31H,1-2H3,(H,32,33). The number of benzene rings is 3. The van der Waals surface area contributed by atoms with E-state index in [1.165, 1.54) is 28.8 Å². The molecule has 5 nitrogen and oxygen atoms in total. The maximum absolute atomic E-state index is 14.9. The van der Waals surface area contributed by atoms with Crippen LogP contribution in [0, 0.1) is 17.5 Å². The van der Waals surface area contributed by atoms with Crippen molar-refractivity contribution in [2.75, 3.05) is 0 Å². The Hall–Kier alpha value is -3.78. The summed E-state index contributed by atoms with van der Waals surface area (Å²) in [6.07, 6.45) is -1.45. The largest absolute Gasteiger partial charge is 0.507 e. The molecule has 4 aromatic rings. The van der Waals surface area contributed by atoms with E-state index >= 15 is 0 Å². The fourth-order valence-corrected chi connectivity index (χ4v) is 4.78. The van der Waals surface area contributed by atoms with Gasteiger partial charge in [0.15, 0.2) is 11.6 Å². The predicted octanol–water partition coefficient (Wildman–Crippen LogP) is 5.44. The smallest absolute Gasteiger partial charge is 0.335 e. The van der Waals surface area contributed by atoms with E-state index in [1.54, 1.807) is 26.0 Å². The zero-order valence-electron chi connectivity index (χ0n) is 17.5. The Morgan fingerprint density at radius 3 is 2.33 bits per heavy atom. The van der Waals surface area contributed by atoms with E-state index in [9.17, 15) is 33.3 Å². The van der Waals surface area contributed by atoms with Crippen molar-refractivity contribution < 1.29 is 33.3 Å². The monoisotopic (exact) mass is 453 g/mol. The van der Waals surface area contributed by atoms with Gasteiger partial charge in [-0.25, -0.2) is 18.0 Å². The van der Waals surface area contributed by atoms with Crippen LogP contribution in [0.1, 0.15) is 41.6 Å². The number of hydrogen-bond donors (Lipinski definition) is 3. The van der Waals surface area contributed by atoms with Gasteiger partial charge < -0.3 is 19.9 Å². The fraction of sp³-hybridized carbons (Fsp3) is 0.160. The summed E-state index contributed by atoms with van der Waals surface area (Å²) in [7, 11) is 0. The number of hydrogen-bond acceptors (Lipinski definition) is 3. The second kappa shape index (κ2) is 6.86. The Morgan fingerprint density at radius 1 is 1.03 bits per heavy atom. The van der Waals surface area contributed by atoms with Gasteiger partial charge in [-0.15, -0.1) is 0 Å². The Labute approximate surface area is 186 Å². The molecule has 0 spiro atoms. The summed E-state index contributed by atoms with van der Waals surface area (Å²) >= 11 is 0. The Bertz CT molecular complexity index is 1470. The zero-order valence-corrected chi connectivity index (χ0v) is 17.5. The lowest BCUT2D eigenvalue weighted by atomic mass is 9.74. The lowest BCUT2D eigenvalue weighted by Crippen LogP contribution is -2.35. The van der Waals surface area contributed by atoms with Crippen LogP contribution < -0.4 is 0 Å². The number of aromatic nitrogens is 1. The molecular formula is C25H18F3NO4. The van der Waals surface area contributed by atoms with Crippen LogP contribution in [-0.4, -0.2) is 25.9 Å². The average Bonchev–Trinajstić information content (AvgIpc) is 3.10. The number of carboxylic acids is 1. The summed E-state index contributed by atoms with van der Waals surface area (Å²) in [5.41, 5.74) is 0.281. The highest BCUT2D eigenvalue weighted by Crippen LogP contribution is 2.54. The first-order valence-electron chi connectivity index (χ1n) is 10.1. The molecule has 1 atom stereocenters. The normalized spacial score (nSPS) is 16.5. The maximum Gasteiger partial charge on any atom is 0.335 e. The first-order chi connectivity index (χ1) is 15.5. The van der Waals surface area contributed by atoms with Crippen LogP contribution in [0.5, 0.6) is 5.75 Å². The SMILES string of the molecule is CC1(C)c2c(-c3ccc(C(=O)O)cc3)c3c(O)cc(F)cc3n2-c2ccc(F)c(F)c2C1O. The van der Waals surface area contributed by atoms with Gasteiger partial charge in [0, 0.05) is 28.3 Å². The first-order valence-corrected chi connectivity index (χ1v) is 10.1. The molecule has 0 saturated carbocycles. The minimum absolute atomic E-state index is 0.0496. The van der Waals surface area contributed by atoms with E-state index in [0.717, 1.165) is 12.1 Å². The summed E-state index contributed by atoms with van der Waals surface area (Å²) in [6.45, 7) is 3.27. The number of aromatic hydroxyl groups is 1. The molecule has 1 aromatic heterocycles. The molecular weight excluding hydrogens is 435 g/mol. The molecule has 3 aromatic carbocycles. The zero-order chi connectivity index (χ0) is 23.8. The molecule has 5 rings (SSSR count). The van der Waals surface area contributed by atoms with Gasteiger partial charge in [0.05, 0.1) is 28.3 Å². The number of nitrogens with zero attached hydrogens (tertiary/aromatic N) is 1. The summed E-state index contributed by atoms with van der Waals surface area (Å²) in [5, 5.41) is 31.3. The minimum Gasteiger partial charge on any atom is -0.507 e. The van der Waals surface area contributed by atoms with Crippen LogP contribution in [0.2, 0.25) is 0 Å². The van der Waals surface area contributed by atoms with Crippen molar-refractivity contribution in [3.8, 4) is 22.6 Å². The number of carbonyl (C=O) groups is 1. The number of fused-ring (bicyclic) bond motifs is 5. The van der Waals surface area contributed by atoms with Crippen LogP contribution in [0.3, 0.4) is 0 Å². The number of phenolic OH excluding ortho intramolecular Hbond substituents is 1. The third-order valence-electron chi connectivity index (χ3n) is 6.35. The Morgan fingerprint density at radius 2 is 1.70 bits per heavy atom. The van der Waals surface area contributed by atoms with Gasteiger partial charge in [-0.3, -0.25) is 0 Å². The third-order valence-corrected chi connectivity index (χ3v) is 6.35. The van der Waals surface area contributed by atoms with Crippen LogP contribution >= 0.6 is 0 Å². The Balaban J connectivity index is 1.98. The molecule has 0 bridgehead atoms. The van der Waals surface area contributed by atoms with E-state index in [0.29, 0.717) is 16.8 Å². The van der Waals surface area contributed by atoms with Gasteiger partial charge in [0.25, 0.3) is 0 Å². The minimum atomic E-state index is -1.45. The second-order valence-corrected chi connectivity index (χ2v) is 8.68. The quantitative estimate of drug-likeness (QED) is 0.377. The Kier molecular flexibility index (Phi) is 4.38. The van der Waals surface area contributed by atoms with Crippen molar-refractivity contribution >= 4 is 16.9 Å². The second-order valence-electron chi connectivity index (χ2n) is 8.68. The van der Waals surface area contributed by atoms with Gasteiger partial charge >= 0.3 is 5.97 Å². The molecule has 0 amide bonds. The number of aromatic carboxylic acids is 1. The molecule has 0 fully saturated rings. The van der Waals surface area contributed by atoms with Crippen molar-refractivity contribution in [1.29, 1.82) is 0 Å². The highest BCUT2D eigenvalue weighted by Gasteiger charge is 2.45. The maximum atomic E-state index is 14.9. The van der Waals surface area contributed by atoms with E-state index in [1.807, 2.05) is 0 Å². The molecule has 0 saturated heterocycles. The number of rotatable bonds is 2. The number of aliphatic hydroxyl groups excluding tert-OH is 1. The van der Waals surface area contributed by atoms with Gasteiger partial charge in [0.1, 0.15) is 11.6 Å². The van der Waals surface area contributed by atoms with Gasteiger partial charge in [-0.2, -0.15) is 0 Å². The van der Waals surface area contributed by atoms with Crippen molar-refractivity contribution in [3.63, 3.8) is 0 Å². The lowest BCUT2D eigenvalue weighted by molar-refractivity contribution is 0.0697. The average molecular weight is 453 g/mol. The van der Waals surface area contributed by atoms with E-state index in [2.05, 4.69) is 0 Å². The van der Waals surface area contributed by atoms with Crippen molar-refractivity contribution in [1.82, 2.24) is 4.57 Å². The van der Waals surface area contributed by atoms with E-state index in [-0.39, 0.29) is 33.5 Å². The highest BCUT2D eigenvalue weighted by molar-refractivity contribution is 6.04. The summed E-state index contributed by atoms with van der Waals surface area (Å²) in [5.74, 6) is -4.55. The fourth-order valence-electron chi connectivity index (χ4n) is 4.78. The summed E-state index contributed by atoms with van der Waals surface area (Å²) in [6, 6.07) is 10.2. The van der Waals surface area contributed by atoms with Crippen molar-refractivity contribution in [2.45, 2.75) is 25.4 Å². The molecule has 168 valence electrons. The number of phenols is 1. The van der Waals surface area contributed by atoms with Crippen LogP contribution in [0.4, 0.5) is 13.2 Å². The van der Waals surface area contributed by atoms with Gasteiger partial charge in [0.2, 0.25) is 0 Å². The van der Waals surface area contributed by atoms with Crippen molar-refractivity contribution in [3.05, 3.63) is 82.8 Å². The molecule has 1 unspecified atom stereocenters. The number of carboxylic acid groups (broad SMARTS) is 1. The van der Waals surface area contributed by atoms with Gasteiger partial charge in [-0.1, -0.05) is 26.0 Å². The lowest BCUT2D eigenvalue weighted by Gasteiger charge is -2.39. The highest BCUT2D eigenvalue weighted by atomic mass is 19.2. The van der Waals surface area contributed by atoms with Crippen LogP contribution in [-0.2, 0) is 5.41 Å². The molecule has 2 heterocycles. The molecule has 33 heavy (non-hydrogen) atoms.